The van der Waals surface area contributed by atoms with Crippen LogP contribution < -0.4 is 15.5 Å². The maximum absolute atomic E-state index is 13.4. The fraction of sp³-hybridized carbons (Fsp3) is 0.622. The van der Waals surface area contributed by atoms with Gasteiger partial charge >= 0.3 is 18.2 Å². The van der Waals surface area contributed by atoms with Crippen LogP contribution in [0.15, 0.2) is 43.2 Å². The van der Waals surface area contributed by atoms with Gasteiger partial charge in [-0.1, -0.05) is 39.5 Å². The minimum atomic E-state index is -2.18. The molecule has 51 heavy (non-hydrogen) atoms. The lowest BCUT2D eigenvalue weighted by molar-refractivity contribution is -0.204. The van der Waals surface area contributed by atoms with E-state index in [2.05, 4.69) is 56.3 Å². The molecule has 0 bridgehead atoms. The number of ether oxygens (including phenoxy) is 4. The van der Waals surface area contributed by atoms with Gasteiger partial charge in [-0.05, 0) is 103 Å². The number of hydrogen-bond donors (Lipinski definition) is 2. The van der Waals surface area contributed by atoms with E-state index in [4.69, 9.17) is 28.2 Å². The molecule has 284 valence electrons. The summed E-state index contributed by atoms with van der Waals surface area (Å²) in [5.74, 6) is -0.0975. The number of aromatic nitrogens is 2. The first-order valence-electron chi connectivity index (χ1n) is 17.3. The number of hydrogen-bond acceptors (Lipinski definition) is 10. The number of hydroxylamine groups is 1. The Balaban J connectivity index is 1.79. The zero-order valence-electron chi connectivity index (χ0n) is 32.4. The predicted molar refractivity (Wildman–Crippen MR) is 197 cm³/mol. The van der Waals surface area contributed by atoms with Crippen molar-refractivity contribution >= 4 is 26.5 Å². The summed E-state index contributed by atoms with van der Waals surface area (Å²) in [4.78, 5) is 43.7. The molecule has 0 saturated heterocycles. The second-order valence-corrected chi connectivity index (χ2v) is 21.3. The molecular formula is C37H58N4O9Si. The molecule has 14 heteroatoms. The average molecular weight is 731 g/mol. The molecule has 0 radical (unpaired) electrons. The van der Waals surface area contributed by atoms with E-state index in [0.717, 1.165) is 16.7 Å². The number of rotatable bonds is 13. The summed E-state index contributed by atoms with van der Waals surface area (Å²) in [5, 5.41) is 7.47. The summed E-state index contributed by atoms with van der Waals surface area (Å²) in [6.45, 7) is 27.3. The number of nitrogens with one attached hydrogen (secondary N) is 2. The topological polar surface area (TPSA) is 148 Å². The van der Waals surface area contributed by atoms with Crippen molar-refractivity contribution in [2.24, 2.45) is 0 Å². The van der Waals surface area contributed by atoms with Gasteiger partial charge in [0.2, 0.25) is 5.60 Å². The highest BCUT2D eigenvalue weighted by molar-refractivity contribution is 6.74. The normalized spacial score (nSPS) is 16.8. The Kier molecular flexibility index (Phi) is 13.2. The van der Waals surface area contributed by atoms with Crippen molar-refractivity contribution in [3.05, 3.63) is 48.8 Å². The fourth-order valence-electron chi connectivity index (χ4n) is 4.96. The molecule has 1 aliphatic heterocycles. The summed E-state index contributed by atoms with van der Waals surface area (Å²) in [6.07, 6.45) is 3.67. The molecule has 3 atom stereocenters. The van der Waals surface area contributed by atoms with Gasteiger partial charge in [0.15, 0.2) is 8.32 Å². The summed E-state index contributed by atoms with van der Waals surface area (Å²) >= 11 is 0. The highest BCUT2D eigenvalue weighted by Crippen LogP contribution is 2.38. The first-order chi connectivity index (χ1) is 23.4. The van der Waals surface area contributed by atoms with Gasteiger partial charge in [0, 0.05) is 18.3 Å². The Morgan fingerprint density at radius 2 is 1.69 bits per heavy atom. The second-order valence-electron chi connectivity index (χ2n) is 16.5. The van der Waals surface area contributed by atoms with Crippen LogP contribution in [0.3, 0.4) is 0 Å². The molecule has 2 N–H and O–H groups in total. The summed E-state index contributed by atoms with van der Waals surface area (Å²) in [7, 11) is -2.18. The number of nitrogens with zero attached hydrogens (tertiary/aromatic N) is 2. The van der Waals surface area contributed by atoms with Crippen LogP contribution in [0.2, 0.25) is 18.1 Å². The summed E-state index contributed by atoms with van der Waals surface area (Å²) in [5.41, 5.74) is 1.89. The van der Waals surface area contributed by atoms with Crippen molar-refractivity contribution in [1.82, 2.24) is 20.6 Å². The number of fused-ring (bicyclic) bond motifs is 1. The number of alkyl carbamates (subject to hydrolysis) is 1. The van der Waals surface area contributed by atoms with Crippen LogP contribution in [0.5, 0.6) is 5.75 Å². The number of esters is 1. The van der Waals surface area contributed by atoms with Crippen LogP contribution >= 0.6 is 0 Å². The van der Waals surface area contributed by atoms with E-state index < -0.39 is 49.4 Å². The van der Waals surface area contributed by atoms with Gasteiger partial charge in [-0.15, -0.1) is 0 Å². The van der Waals surface area contributed by atoms with Crippen molar-refractivity contribution in [3.8, 4) is 16.9 Å². The monoisotopic (exact) mass is 730 g/mol. The van der Waals surface area contributed by atoms with Gasteiger partial charge in [-0.2, -0.15) is 10.6 Å². The van der Waals surface area contributed by atoms with Crippen LogP contribution in [0, 0.1) is 0 Å². The predicted octanol–water partition coefficient (Wildman–Crippen LogP) is 7.10. The highest BCUT2D eigenvalue weighted by Gasteiger charge is 2.50. The minimum Gasteiger partial charge on any atom is -0.486 e. The lowest BCUT2D eigenvalue weighted by Gasteiger charge is -2.39. The molecular weight excluding hydrogens is 673 g/mol. The molecule has 0 fully saturated rings. The number of carbonyl (C=O) groups excluding carboxylic acids is 3. The molecule has 0 saturated carbocycles. The zero-order chi connectivity index (χ0) is 38.4. The third-order valence-corrected chi connectivity index (χ3v) is 13.1. The van der Waals surface area contributed by atoms with Crippen molar-refractivity contribution in [2.45, 2.75) is 136 Å². The van der Waals surface area contributed by atoms with Gasteiger partial charge in [-0.25, -0.2) is 19.2 Å². The van der Waals surface area contributed by atoms with Gasteiger partial charge in [0.25, 0.3) is 0 Å². The summed E-state index contributed by atoms with van der Waals surface area (Å²) < 4.78 is 30.9. The van der Waals surface area contributed by atoms with E-state index in [1.54, 1.807) is 27.0 Å². The SMILES string of the molecule is C=CCOC(=O)NO[C@](C)(C(=O)OC(C)(C)C)[C@H]1CCc2cc(-c3cnn(C[C@H](CNC(=O)OC(C)(C)C)O[Si](C)(C)C(C)(C)C)c3)ccc2O1. The third kappa shape index (κ3) is 12.1. The van der Waals surface area contributed by atoms with Crippen molar-refractivity contribution < 1.29 is 42.6 Å². The van der Waals surface area contributed by atoms with Crippen LogP contribution in [-0.2, 0) is 41.2 Å². The van der Waals surface area contributed by atoms with Crippen LogP contribution in [-0.4, -0.2) is 78.4 Å². The number of amides is 2. The van der Waals surface area contributed by atoms with Gasteiger partial charge in [0.05, 0.1) is 18.8 Å². The molecule has 2 amide bonds. The lowest BCUT2D eigenvalue weighted by Crippen LogP contribution is -2.57. The zero-order valence-corrected chi connectivity index (χ0v) is 33.4. The molecule has 13 nitrogen and oxygen atoms in total. The number of benzene rings is 1. The molecule has 0 unspecified atom stereocenters. The smallest absolute Gasteiger partial charge is 0.431 e. The molecule has 2 aromatic rings. The average Bonchev–Trinajstić information content (AvgIpc) is 3.47. The van der Waals surface area contributed by atoms with Crippen molar-refractivity contribution in [1.29, 1.82) is 0 Å². The fourth-order valence-corrected chi connectivity index (χ4v) is 6.30. The van der Waals surface area contributed by atoms with Gasteiger partial charge in [-0.3, -0.25) is 4.68 Å². The van der Waals surface area contributed by atoms with Gasteiger partial charge < -0.3 is 28.7 Å². The van der Waals surface area contributed by atoms with E-state index >= 15 is 0 Å². The molecule has 1 aromatic heterocycles. The maximum Gasteiger partial charge on any atom is 0.431 e. The molecule has 3 rings (SSSR count). The van der Waals surface area contributed by atoms with Crippen LogP contribution in [0.4, 0.5) is 9.59 Å². The summed E-state index contributed by atoms with van der Waals surface area (Å²) in [6, 6.07) is 5.81. The minimum absolute atomic E-state index is 0.0243. The van der Waals surface area contributed by atoms with Crippen molar-refractivity contribution in [2.75, 3.05) is 13.2 Å². The van der Waals surface area contributed by atoms with Crippen molar-refractivity contribution in [3.63, 3.8) is 0 Å². The Morgan fingerprint density at radius 1 is 1.02 bits per heavy atom. The lowest BCUT2D eigenvalue weighted by atomic mass is 9.89. The quantitative estimate of drug-likeness (QED) is 0.0719. The van der Waals surface area contributed by atoms with E-state index in [1.165, 1.54) is 13.0 Å². The first-order valence-corrected chi connectivity index (χ1v) is 20.3. The number of carbonyl (C=O) groups is 3. The maximum atomic E-state index is 13.4. The first kappa shape index (κ1) is 41.5. The largest absolute Gasteiger partial charge is 0.486 e. The Hall–Kier alpha value is -3.88. The molecule has 0 spiro atoms. The second kappa shape index (κ2) is 16.2. The molecule has 1 aromatic carbocycles. The highest BCUT2D eigenvalue weighted by atomic mass is 28.4. The molecule has 0 aliphatic carbocycles. The molecule has 2 heterocycles. The third-order valence-electron chi connectivity index (χ3n) is 8.60. The van der Waals surface area contributed by atoms with E-state index in [-0.39, 0.29) is 24.3 Å². The van der Waals surface area contributed by atoms with Crippen LogP contribution in [0.1, 0.15) is 81.2 Å². The Morgan fingerprint density at radius 3 is 2.29 bits per heavy atom. The van der Waals surface area contributed by atoms with Gasteiger partial charge in [0.1, 0.15) is 29.7 Å². The van der Waals surface area contributed by atoms with E-state index in [0.29, 0.717) is 25.1 Å². The standard InChI is InChI=1S/C37H58N4O9Si/c1-14-19-45-33(44)40-50-37(11,31(42)47-34(2,3)4)30-18-16-26-20-25(15-17-29(26)46-30)27-21-39-41(23-27)24-28(49-51(12,13)36(8,9)10)22-38-32(43)48-35(5,6)7/h14-15,17,20-21,23,28,30H,1,16,18-19,22,24H2,2-13H3,(H,38,43)(H,40,44)/t28-,30+,37-/m0/s1. The molecule has 1 aliphatic rings. The van der Waals surface area contributed by atoms with Crippen LogP contribution in [0.25, 0.3) is 11.1 Å². The Bertz CT molecular complexity index is 1540. The number of aryl methyl sites for hydroxylation is 1. The van der Waals surface area contributed by atoms with E-state index in [9.17, 15) is 14.4 Å². The Labute approximate surface area is 303 Å². The van der Waals surface area contributed by atoms with E-state index in [1.807, 2.05) is 49.8 Å².